The second kappa shape index (κ2) is 45.3. The lowest BCUT2D eigenvalue weighted by atomic mass is 9.85. The number of allylic oxidation sites excluding steroid dienone is 4. The molecule has 5 N–H and O–H groups in total. The Kier molecular flexibility index (Phi) is 46.5. The zero-order valence-electron chi connectivity index (χ0n) is 41.5. The van der Waals surface area contributed by atoms with Crippen molar-refractivity contribution in [3.05, 3.63) is 47.6 Å². The summed E-state index contributed by atoms with van der Waals surface area (Å²) in [6.45, 7) is 29.4. The van der Waals surface area contributed by atoms with E-state index < -0.39 is 0 Å². The Bertz CT molecular complexity index is 1160. The van der Waals surface area contributed by atoms with Gasteiger partial charge in [-0.1, -0.05) is 97.3 Å². The molecule has 1 aliphatic heterocycles. The maximum Gasteiger partial charge on any atom is 0.332 e. The van der Waals surface area contributed by atoms with E-state index in [0.29, 0.717) is 45.5 Å². The molecule has 12 nitrogen and oxygen atoms in total. The summed E-state index contributed by atoms with van der Waals surface area (Å²) in [4.78, 5) is 30.6. The van der Waals surface area contributed by atoms with E-state index in [1.165, 1.54) is 12.0 Å². The Morgan fingerprint density at radius 1 is 0.967 bits per heavy atom. The summed E-state index contributed by atoms with van der Waals surface area (Å²) in [7, 11) is 4.20. The highest BCUT2D eigenvalue weighted by atomic mass is 16.6. The summed E-state index contributed by atoms with van der Waals surface area (Å²) in [5.74, 6) is -0.334. The van der Waals surface area contributed by atoms with Crippen molar-refractivity contribution in [2.24, 2.45) is 10.7 Å². The van der Waals surface area contributed by atoms with E-state index >= 15 is 0 Å². The first-order chi connectivity index (χ1) is 29.4. The highest BCUT2D eigenvalue weighted by molar-refractivity contribution is 5.94. The summed E-state index contributed by atoms with van der Waals surface area (Å²) in [6, 6.07) is 0.486. The second-order valence-corrected chi connectivity index (χ2v) is 15.2. The van der Waals surface area contributed by atoms with E-state index in [-0.39, 0.29) is 36.1 Å². The van der Waals surface area contributed by atoms with Gasteiger partial charge in [-0.3, -0.25) is 9.79 Å². The van der Waals surface area contributed by atoms with Gasteiger partial charge in [-0.25, -0.2) is 4.79 Å². The molecule has 2 aliphatic rings. The molecule has 61 heavy (non-hydrogen) atoms. The van der Waals surface area contributed by atoms with Gasteiger partial charge in [-0.15, -0.1) is 0 Å². The molecule has 2 unspecified atom stereocenters. The zero-order chi connectivity index (χ0) is 46.6. The number of rotatable bonds is 26. The van der Waals surface area contributed by atoms with Crippen molar-refractivity contribution in [2.45, 2.75) is 164 Å². The van der Waals surface area contributed by atoms with Crippen LogP contribution < -0.4 is 21.7 Å². The molecule has 1 saturated heterocycles. The summed E-state index contributed by atoms with van der Waals surface area (Å²) in [6.07, 6.45) is 24.4. The summed E-state index contributed by atoms with van der Waals surface area (Å²) in [5.41, 5.74) is 7.35. The topological polar surface area (TPSA) is 149 Å². The molecule has 1 aliphatic carbocycles. The number of hydrogen-bond donors (Lipinski definition) is 4. The molecule has 2 rings (SSSR count). The molecular formula is C49H96N6O6. The molecule has 12 heteroatoms. The number of unbranched alkanes of at least 4 members (excludes halogenated alkanes) is 3. The number of likely N-dealkylation sites (N-methyl/N-ethyl adjacent to an activating group) is 1. The fourth-order valence-corrected chi connectivity index (χ4v) is 5.97. The van der Waals surface area contributed by atoms with Gasteiger partial charge in [-0.2, -0.15) is 0 Å². The smallest absolute Gasteiger partial charge is 0.332 e. The predicted octanol–water partition coefficient (Wildman–Crippen LogP) is 8.37. The Morgan fingerprint density at radius 3 is 2.10 bits per heavy atom. The summed E-state index contributed by atoms with van der Waals surface area (Å²) in [5, 5.41) is 10.5. The summed E-state index contributed by atoms with van der Waals surface area (Å²) < 4.78 is 21.3. The predicted molar refractivity (Wildman–Crippen MR) is 261 cm³/mol. The van der Waals surface area contributed by atoms with Gasteiger partial charge in [0.15, 0.2) is 0 Å². The number of hydrogen-bond acceptors (Lipinski definition) is 11. The van der Waals surface area contributed by atoms with E-state index in [2.05, 4.69) is 79.7 Å². The number of likely N-dealkylation sites (tertiary alicyclic amines) is 1. The monoisotopic (exact) mass is 865 g/mol. The third kappa shape index (κ3) is 37.6. The third-order valence-electron chi connectivity index (χ3n) is 9.53. The number of piperidine rings is 1. The number of nitrogens with zero attached hydrogens (tertiary/aromatic N) is 2. The van der Waals surface area contributed by atoms with Crippen LogP contribution in [0.4, 0.5) is 0 Å². The van der Waals surface area contributed by atoms with Crippen LogP contribution in [0.25, 0.3) is 0 Å². The van der Waals surface area contributed by atoms with Crippen molar-refractivity contribution < 1.29 is 28.5 Å². The lowest BCUT2D eigenvalue weighted by Crippen LogP contribution is -2.60. The lowest BCUT2D eigenvalue weighted by molar-refractivity contribution is -0.148. The standard InChI is InChI=1S/C36H62N4O6.C4H9N.C4H11N.C3H8.C2H6/c1-6-31(15-10-13-24-43-22-11-8-9-12-23-44-25-26-45-28-34(41)46-7-2)30(3)38-35(42)32-16-14-17-33(27-32)39-36(29-37-4)18-20-40(5)21-19-36;1-3-5-4-2;1-3-4(2)5;1-3-2;1-2/h10,13-17,30,33,37,39H,6-9,11-12,18-29H2,1-5H3,(H,38,42);3H,4H2,1-2H3;4H,3,5H2,1-2H3;3H2,1-2H3;1-2H3/b13-10-,31-15+;;;;/t30-,33?;;;;/m1..../s1. The molecule has 0 aromatic heterocycles. The van der Waals surface area contributed by atoms with Gasteiger partial charge in [0.1, 0.15) is 6.61 Å². The van der Waals surface area contributed by atoms with Crippen molar-refractivity contribution in [1.82, 2.24) is 20.9 Å². The van der Waals surface area contributed by atoms with Crippen LogP contribution in [0.15, 0.2) is 52.6 Å². The number of nitrogens with one attached hydrogen (secondary N) is 3. The Labute approximate surface area is 375 Å². The number of carbonyl (C=O) groups excluding carboxylic acids is 2. The summed E-state index contributed by atoms with van der Waals surface area (Å²) >= 11 is 0. The van der Waals surface area contributed by atoms with Gasteiger partial charge in [0.2, 0.25) is 5.91 Å². The van der Waals surface area contributed by atoms with Crippen LogP contribution >= 0.6 is 0 Å². The largest absolute Gasteiger partial charge is 0.464 e. The van der Waals surface area contributed by atoms with Crippen LogP contribution in [0.2, 0.25) is 0 Å². The molecule has 358 valence electrons. The van der Waals surface area contributed by atoms with Crippen molar-refractivity contribution in [3.8, 4) is 0 Å². The molecule has 0 aromatic rings. The van der Waals surface area contributed by atoms with Crippen LogP contribution in [0.5, 0.6) is 0 Å². The maximum absolute atomic E-state index is 13.2. The van der Waals surface area contributed by atoms with E-state index in [9.17, 15) is 9.59 Å². The highest BCUT2D eigenvalue weighted by Crippen LogP contribution is 2.25. The number of aliphatic imine (C=N–C) groups is 1. The van der Waals surface area contributed by atoms with Gasteiger partial charge < -0.3 is 45.5 Å². The normalized spacial score (nSPS) is 17.0. The van der Waals surface area contributed by atoms with Gasteiger partial charge >= 0.3 is 5.97 Å². The van der Waals surface area contributed by atoms with Crippen LogP contribution in [-0.4, -0.2) is 133 Å². The number of ether oxygens (including phenoxy) is 4. The number of carbonyl (C=O) groups is 2. The first-order valence-electron chi connectivity index (χ1n) is 23.7. The number of amides is 1. The first kappa shape index (κ1) is 62.6. The second-order valence-electron chi connectivity index (χ2n) is 15.2. The first-order valence-corrected chi connectivity index (χ1v) is 23.7. The molecule has 3 atom stereocenters. The van der Waals surface area contributed by atoms with Crippen molar-refractivity contribution in [3.63, 3.8) is 0 Å². The average Bonchev–Trinajstić information content (AvgIpc) is 3.25. The molecule has 0 saturated carbocycles. The Morgan fingerprint density at radius 2 is 1.57 bits per heavy atom. The molecule has 0 radical (unpaired) electrons. The van der Waals surface area contributed by atoms with Gasteiger partial charge in [0, 0.05) is 55.5 Å². The molecule has 0 aromatic carbocycles. The van der Waals surface area contributed by atoms with E-state index in [4.69, 9.17) is 24.7 Å². The van der Waals surface area contributed by atoms with Crippen LogP contribution in [0, 0.1) is 0 Å². The molecule has 1 heterocycles. The van der Waals surface area contributed by atoms with Gasteiger partial charge in [0.05, 0.1) is 26.4 Å². The molecule has 0 bridgehead atoms. The van der Waals surface area contributed by atoms with Crippen LogP contribution in [0.3, 0.4) is 0 Å². The zero-order valence-corrected chi connectivity index (χ0v) is 41.5. The molecule has 0 spiro atoms. The molecular weight excluding hydrogens is 769 g/mol. The van der Waals surface area contributed by atoms with Crippen molar-refractivity contribution in [2.75, 3.05) is 86.5 Å². The van der Waals surface area contributed by atoms with Crippen LogP contribution in [0.1, 0.15) is 140 Å². The van der Waals surface area contributed by atoms with E-state index in [1.807, 2.05) is 66.0 Å². The highest BCUT2D eigenvalue weighted by Gasteiger charge is 2.35. The minimum Gasteiger partial charge on any atom is -0.464 e. The SMILES string of the molecule is CC.CC=NCC.CCC.CCC(C)N.CCOC(=O)COCCOCCCCCCOC/C=C\C=C(/CC)[C@@H](C)NC(=O)C1=CC=CC(NC2(CNC)CCN(C)CC2)C1. The third-order valence-corrected chi connectivity index (χ3v) is 9.53. The van der Waals surface area contributed by atoms with Gasteiger partial charge in [-0.05, 0) is 119 Å². The van der Waals surface area contributed by atoms with Crippen molar-refractivity contribution >= 4 is 18.1 Å². The van der Waals surface area contributed by atoms with Crippen LogP contribution in [-0.2, 0) is 28.5 Å². The number of esters is 1. The minimum atomic E-state index is -0.341. The lowest BCUT2D eigenvalue weighted by Gasteiger charge is -2.43. The van der Waals surface area contributed by atoms with E-state index in [1.54, 1.807) is 13.1 Å². The Balaban J connectivity index is -0.00000193. The number of nitrogens with two attached hydrogens (primary N) is 1. The minimum absolute atomic E-state index is 0.00738. The Hall–Kier alpha value is -2.71. The van der Waals surface area contributed by atoms with E-state index in [0.717, 1.165) is 89.7 Å². The van der Waals surface area contributed by atoms with Gasteiger partial charge in [0.25, 0.3) is 0 Å². The van der Waals surface area contributed by atoms with Crippen molar-refractivity contribution in [1.29, 1.82) is 0 Å². The average molecular weight is 865 g/mol. The quantitative estimate of drug-likeness (QED) is 0.0289. The fourth-order valence-electron chi connectivity index (χ4n) is 5.97. The maximum atomic E-state index is 13.2. The molecule has 1 fully saturated rings. The fraction of sp³-hybridized carbons (Fsp3) is 0.776. The molecule has 1 amide bonds.